The molecule has 0 unspecified atom stereocenters. The molecule has 21 heavy (non-hydrogen) atoms. The highest BCUT2D eigenvalue weighted by Crippen LogP contribution is 2.28. The lowest BCUT2D eigenvalue weighted by atomic mass is 10.2. The van der Waals surface area contributed by atoms with Gasteiger partial charge < -0.3 is 10.1 Å². The molecule has 0 saturated carbocycles. The molecule has 4 heteroatoms. The predicted molar refractivity (Wildman–Crippen MR) is 83.6 cm³/mol. The summed E-state index contributed by atoms with van der Waals surface area (Å²) in [5.41, 5.74) is 2.80. The van der Waals surface area contributed by atoms with Gasteiger partial charge in [0.2, 0.25) is 0 Å². The lowest BCUT2D eigenvalue weighted by molar-refractivity contribution is 0.485. The normalized spacial score (nSPS) is 10.8. The summed E-state index contributed by atoms with van der Waals surface area (Å²) in [5.74, 6) is 1.53. The standard InChI is InChI=1S/C17H17N3O/c1-12-6-7-13-4-3-5-16(17(13)20-12)21-15-8-9-19-14(10-15)11-18-2/h3-10,18H,11H2,1-2H3. The van der Waals surface area contributed by atoms with Crippen LogP contribution in [0.3, 0.4) is 0 Å². The molecule has 106 valence electrons. The van der Waals surface area contributed by atoms with Crippen LogP contribution in [-0.4, -0.2) is 17.0 Å². The molecule has 3 aromatic rings. The van der Waals surface area contributed by atoms with Crippen LogP contribution in [-0.2, 0) is 6.54 Å². The smallest absolute Gasteiger partial charge is 0.153 e. The quantitative estimate of drug-likeness (QED) is 0.794. The van der Waals surface area contributed by atoms with Gasteiger partial charge >= 0.3 is 0 Å². The molecular weight excluding hydrogens is 262 g/mol. The van der Waals surface area contributed by atoms with E-state index in [9.17, 15) is 0 Å². The summed E-state index contributed by atoms with van der Waals surface area (Å²) >= 11 is 0. The molecule has 3 rings (SSSR count). The first-order chi connectivity index (χ1) is 10.3. The number of nitrogens with one attached hydrogen (secondary N) is 1. The number of pyridine rings is 2. The number of aryl methyl sites for hydroxylation is 1. The number of fused-ring (bicyclic) bond motifs is 1. The summed E-state index contributed by atoms with van der Waals surface area (Å²) < 4.78 is 6.00. The molecule has 0 bridgehead atoms. The molecule has 0 atom stereocenters. The van der Waals surface area contributed by atoms with E-state index in [1.807, 2.05) is 50.4 Å². The fraction of sp³-hybridized carbons (Fsp3) is 0.176. The monoisotopic (exact) mass is 279 g/mol. The van der Waals surface area contributed by atoms with Crippen molar-refractivity contribution in [1.82, 2.24) is 15.3 Å². The average molecular weight is 279 g/mol. The predicted octanol–water partition coefficient (Wildman–Crippen LogP) is 3.45. The molecule has 0 aliphatic heterocycles. The van der Waals surface area contributed by atoms with E-state index < -0.39 is 0 Å². The van der Waals surface area contributed by atoms with Crippen LogP contribution in [0.1, 0.15) is 11.4 Å². The van der Waals surface area contributed by atoms with Crippen LogP contribution >= 0.6 is 0 Å². The van der Waals surface area contributed by atoms with Crippen molar-refractivity contribution in [2.75, 3.05) is 7.05 Å². The number of benzene rings is 1. The zero-order chi connectivity index (χ0) is 14.7. The summed E-state index contributed by atoms with van der Waals surface area (Å²) in [6, 6.07) is 13.8. The van der Waals surface area contributed by atoms with Crippen LogP contribution in [0.25, 0.3) is 10.9 Å². The molecule has 0 fully saturated rings. The number of para-hydroxylation sites is 1. The first kappa shape index (κ1) is 13.5. The zero-order valence-corrected chi connectivity index (χ0v) is 12.1. The fourth-order valence-corrected chi connectivity index (χ4v) is 2.22. The summed E-state index contributed by atoms with van der Waals surface area (Å²) in [6.07, 6.45) is 1.76. The number of ether oxygens (including phenoxy) is 1. The van der Waals surface area contributed by atoms with Crippen molar-refractivity contribution in [3.05, 3.63) is 60.0 Å². The van der Waals surface area contributed by atoms with E-state index in [0.717, 1.165) is 33.8 Å². The minimum absolute atomic E-state index is 0.712. The lowest BCUT2D eigenvalue weighted by Crippen LogP contribution is -2.06. The Morgan fingerprint density at radius 2 is 2.05 bits per heavy atom. The third kappa shape index (κ3) is 3.01. The van der Waals surface area contributed by atoms with Crippen LogP contribution in [0.2, 0.25) is 0 Å². The number of rotatable bonds is 4. The molecule has 2 heterocycles. The molecular formula is C17H17N3O. The Bertz CT molecular complexity index is 771. The summed E-state index contributed by atoms with van der Waals surface area (Å²) in [4.78, 5) is 8.87. The van der Waals surface area contributed by atoms with Gasteiger partial charge in [0.25, 0.3) is 0 Å². The van der Waals surface area contributed by atoms with Crippen LogP contribution in [0, 0.1) is 6.92 Å². The summed E-state index contributed by atoms with van der Waals surface area (Å²) in [7, 11) is 1.90. The van der Waals surface area contributed by atoms with E-state index in [4.69, 9.17) is 4.74 Å². The van der Waals surface area contributed by atoms with Crippen molar-refractivity contribution in [2.45, 2.75) is 13.5 Å². The van der Waals surface area contributed by atoms with Gasteiger partial charge in [-0.2, -0.15) is 0 Å². The molecule has 1 aromatic carbocycles. The maximum atomic E-state index is 6.00. The van der Waals surface area contributed by atoms with Gasteiger partial charge in [-0.15, -0.1) is 0 Å². The molecule has 1 N–H and O–H groups in total. The topological polar surface area (TPSA) is 47.0 Å². The van der Waals surface area contributed by atoms with Gasteiger partial charge in [-0.1, -0.05) is 18.2 Å². The van der Waals surface area contributed by atoms with Gasteiger partial charge in [0.05, 0.1) is 5.69 Å². The first-order valence-corrected chi connectivity index (χ1v) is 6.90. The van der Waals surface area contributed by atoms with E-state index in [2.05, 4.69) is 21.4 Å². The van der Waals surface area contributed by atoms with Crippen molar-refractivity contribution in [2.24, 2.45) is 0 Å². The Morgan fingerprint density at radius 3 is 2.90 bits per heavy atom. The van der Waals surface area contributed by atoms with Crippen LogP contribution in [0.5, 0.6) is 11.5 Å². The average Bonchev–Trinajstić information content (AvgIpc) is 2.49. The van der Waals surface area contributed by atoms with E-state index in [1.54, 1.807) is 6.20 Å². The maximum Gasteiger partial charge on any atom is 0.153 e. The fourth-order valence-electron chi connectivity index (χ4n) is 2.22. The van der Waals surface area contributed by atoms with E-state index in [0.29, 0.717) is 6.54 Å². The second kappa shape index (κ2) is 5.89. The second-order valence-electron chi connectivity index (χ2n) is 4.90. The molecule has 0 aliphatic carbocycles. The molecule has 0 saturated heterocycles. The number of hydrogen-bond acceptors (Lipinski definition) is 4. The van der Waals surface area contributed by atoms with Gasteiger partial charge in [0.15, 0.2) is 5.75 Å². The molecule has 0 amide bonds. The largest absolute Gasteiger partial charge is 0.455 e. The van der Waals surface area contributed by atoms with Gasteiger partial charge in [0.1, 0.15) is 11.3 Å². The number of hydrogen-bond donors (Lipinski definition) is 1. The zero-order valence-electron chi connectivity index (χ0n) is 12.1. The van der Waals surface area contributed by atoms with Crippen molar-refractivity contribution in [3.63, 3.8) is 0 Å². The van der Waals surface area contributed by atoms with Crippen molar-refractivity contribution < 1.29 is 4.74 Å². The molecule has 2 aromatic heterocycles. The molecule has 0 radical (unpaired) electrons. The minimum atomic E-state index is 0.712. The maximum absolute atomic E-state index is 6.00. The molecule has 4 nitrogen and oxygen atoms in total. The third-order valence-corrected chi connectivity index (χ3v) is 3.20. The molecule has 0 aliphatic rings. The Balaban J connectivity index is 1.98. The Morgan fingerprint density at radius 1 is 1.14 bits per heavy atom. The van der Waals surface area contributed by atoms with E-state index in [1.165, 1.54) is 0 Å². The Labute approximate surface area is 123 Å². The minimum Gasteiger partial charge on any atom is -0.455 e. The number of aromatic nitrogens is 2. The number of nitrogens with zero attached hydrogens (tertiary/aromatic N) is 2. The van der Waals surface area contributed by atoms with Crippen LogP contribution < -0.4 is 10.1 Å². The highest BCUT2D eigenvalue weighted by Gasteiger charge is 2.06. The summed E-state index contributed by atoms with van der Waals surface area (Å²) in [6.45, 7) is 2.69. The third-order valence-electron chi connectivity index (χ3n) is 3.20. The van der Waals surface area contributed by atoms with E-state index in [-0.39, 0.29) is 0 Å². The van der Waals surface area contributed by atoms with Gasteiger partial charge in [-0.25, -0.2) is 4.98 Å². The highest BCUT2D eigenvalue weighted by atomic mass is 16.5. The molecule has 0 spiro atoms. The Hall–Kier alpha value is -2.46. The van der Waals surface area contributed by atoms with Crippen molar-refractivity contribution >= 4 is 10.9 Å². The first-order valence-electron chi connectivity index (χ1n) is 6.90. The van der Waals surface area contributed by atoms with Gasteiger partial charge in [-0.3, -0.25) is 4.98 Å². The van der Waals surface area contributed by atoms with Crippen LogP contribution in [0.15, 0.2) is 48.7 Å². The van der Waals surface area contributed by atoms with Gasteiger partial charge in [-0.05, 0) is 32.2 Å². The van der Waals surface area contributed by atoms with E-state index >= 15 is 0 Å². The van der Waals surface area contributed by atoms with Crippen molar-refractivity contribution in [1.29, 1.82) is 0 Å². The van der Waals surface area contributed by atoms with Gasteiger partial charge in [0, 0.05) is 29.9 Å². The summed E-state index contributed by atoms with van der Waals surface area (Å²) in [5, 5.41) is 4.15. The lowest BCUT2D eigenvalue weighted by Gasteiger charge is -2.09. The second-order valence-corrected chi connectivity index (χ2v) is 4.90. The van der Waals surface area contributed by atoms with Crippen LogP contribution in [0.4, 0.5) is 0 Å². The highest BCUT2D eigenvalue weighted by molar-refractivity contribution is 5.84. The van der Waals surface area contributed by atoms with Crippen molar-refractivity contribution in [3.8, 4) is 11.5 Å². The SMILES string of the molecule is CNCc1cc(Oc2cccc3ccc(C)nc23)ccn1. The Kier molecular flexibility index (Phi) is 3.79.